The van der Waals surface area contributed by atoms with Crippen LogP contribution in [-0.2, 0) is 0 Å². The number of hydrogen-bond acceptors (Lipinski definition) is 4. The van der Waals surface area contributed by atoms with Crippen molar-refractivity contribution in [2.45, 2.75) is 31.7 Å². The van der Waals surface area contributed by atoms with Crippen LogP contribution in [0, 0.1) is 22.0 Å². The summed E-state index contributed by atoms with van der Waals surface area (Å²) in [4.78, 5) is 13.9. The molecule has 0 aromatic carbocycles. The molecule has 1 aromatic heterocycles. The van der Waals surface area contributed by atoms with Crippen LogP contribution in [0.3, 0.4) is 0 Å². The van der Waals surface area contributed by atoms with Gasteiger partial charge in [-0.25, -0.2) is 0 Å². The van der Waals surface area contributed by atoms with Gasteiger partial charge in [-0.15, -0.1) is 0 Å². The van der Waals surface area contributed by atoms with Crippen LogP contribution < -0.4 is 5.32 Å². The van der Waals surface area contributed by atoms with E-state index in [0.29, 0.717) is 6.04 Å². The van der Waals surface area contributed by atoms with Crippen molar-refractivity contribution >= 4 is 11.5 Å². The lowest BCUT2D eigenvalue weighted by Crippen LogP contribution is -2.24. The lowest BCUT2D eigenvalue weighted by Gasteiger charge is -2.17. The molecule has 2 fully saturated rings. The first kappa shape index (κ1) is 10.5. The number of nitrogens with zero attached hydrogens (tertiary/aromatic N) is 2. The molecule has 0 aliphatic heterocycles. The van der Waals surface area contributed by atoms with Crippen molar-refractivity contribution in [3.63, 3.8) is 0 Å². The molecule has 5 nitrogen and oxygen atoms in total. The van der Waals surface area contributed by atoms with Crippen molar-refractivity contribution < 1.29 is 4.92 Å². The van der Waals surface area contributed by atoms with Crippen molar-refractivity contribution in [2.75, 3.05) is 5.32 Å². The average molecular weight is 233 g/mol. The second-order valence-electron chi connectivity index (χ2n) is 5.01. The normalized spacial score (nSPS) is 19.4. The summed E-state index contributed by atoms with van der Waals surface area (Å²) in [7, 11) is 0. The third-order valence-corrected chi connectivity index (χ3v) is 3.53. The Morgan fingerprint density at radius 2 is 1.94 bits per heavy atom. The van der Waals surface area contributed by atoms with Gasteiger partial charge in [0.15, 0.2) is 6.20 Å². The minimum atomic E-state index is -0.469. The number of nitrogens with one attached hydrogen (secondary N) is 1. The average Bonchev–Trinajstić information content (AvgIpc) is 3.17. The Balaban J connectivity index is 1.68. The third-order valence-electron chi connectivity index (χ3n) is 3.53. The summed E-state index contributed by atoms with van der Waals surface area (Å²) in [6.07, 6.45) is 6.82. The molecule has 0 unspecified atom stereocenters. The van der Waals surface area contributed by atoms with Crippen molar-refractivity contribution in [3.8, 4) is 0 Å². The van der Waals surface area contributed by atoms with Gasteiger partial charge in [-0.3, -0.25) is 0 Å². The summed E-state index contributed by atoms with van der Waals surface area (Å²) in [6.45, 7) is 0. The molecular weight excluding hydrogens is 218 g/mol. The van der Waals surface area contributed by atoms with E-state index in [9.17, 15) is 10.1 Å². The van der Waals surface area contributed by atoms with Gasteiger partial charge in [-0.1, -0.05) is 0 Å². The van der Waals surface area contributed by atoms with Crippen LogP contribution in [0.25, 0.3) is 0 Å². The molecule has 1 heterocycles. The molecular formula is C12H15N3O2. The second-order valence-corrected chi connectivity index (χ2v) is 5.01. The largest absolute Gasteiger partial charge is 0.379 e. The second kappa shape index (κ2) is 3.98. The number of pyridine rings is 1. The lowest BCUT2D eigenvalue weighted by atomic mass is 10.1. The van der Waals surface area contributed by atoms with E-state index in [4.69, 9.17) is 0 Å². The number of nitro groups is 1. The monoisotopic (exact) mass is 233 g/mol. The van der Waals surface area contributed by atoms with Crippen molar-refractivity contribution in [1.29, 1.82) is 0 Å². The van der Waals surface area contributed by atoms with E-state index >= 15 is 0 Å². The van der Waals surface area contributed by atoms with Crippen LogP contribution >= 0.6 is 0 Å². The fourth-order valence-electron chi connectivity index (χ4n) is 2.30. The van der Waals surface area contributed by atoms with Crippen LogP contribution in [-0.4, -0.2) is 15.9 Å². The van der Waals surface area contributed by atoms with Crippen molar-refractivity contribution in [2.24, 2.45) is 11.8 Å². The van der Waals surface area contributed by atoms with E-state index in [0.717, 1.165) is 17.5 Å². The smallest absolute Gasteiger partial charge is 0.363 e. The number of aromatic nitrogens is 1. The SMILES string of the molecule is O=[N+]([O-])c1ccc(NC(C2CC2)C2CC2)cn1. The first-order chi connectivity index (χ1) is 8.24. The maximum Gasteiger partial charge on any atom is 0.363 e. The Kier molecular flexibility index (Phi) is 2.46. The maximum atomic E-state index is 10.5. The van der Waals surface area contributed by atoms with Gasteiger partial charge in [-0.2, -0.15) is 0 Å². The summed E-state index contributed by atoms with van der Waals surface area (Å²) >= 11 is 0. The minimum absolute atomic E-state index is 0.0926. The topological polar surface area (TPSA) is 68.1 Å². The minimum Gasteiger partial charge on any atom is -0.379 e. The highest BCUT2D eigenvalue weighted by atomic mass is 16.6. The van der Waals surface area contributed by atoms with Crippen LogP contribution in [0.15, 0.2) is 18.3 Å². The van der Waals surface area contributed by atoms with Gasteiger partial charge < -0.3 is 15.4 Å². The van der Waals surface area contributed by atoms with E-state index < -0.39 is 4.92 Å². The zero-order chi connectivity index (χ0) is 11.8. The fourth-order valence-corrected chi connectivity index (χ4v) is 2.30. The summed E-state index contributed by atoms with van der Waals surface area (Å²) in [6, 6.07) is 3.76. The summed E-state index contributed by atoms with van der Waals surface area (Å²) in [5, 5.41) is 14.0. The van der Waals surface area contributed by atoms with Gasteiger partial charge >= 0.3 is 5.82 Å². The molecule has 17 heavy (non-hydrogen) atoms. The van der Waals surface area contributed by atoms with E-state index in [1.54, 1.807) is 12.3 Å². The number of rotatable bonds is 5. The maximum absolute atomic E-state index is 10.5. The first-order valence-electron chi connectivity index (χ1n) is 6.11. The first-order valence-corrected chi connectivity index (χ1v) is 6.11. The highest BCUT2D eigenvalue weighted by Crippen LogP contribution is 2.45. The van der Waals surface area contributed by atoms with Gasteiger partial charge in [0.2, 0.25) is 0 Å². The molecule has 0 radical (unpaired) electrons. The lowest BCUT2D eigenvalue weighted by molar-refractivity contribution is -0.389. The van der Waals surface area contributed by atoms with Gasteiger partial charge in [0, 0.05) is 12.1 Å². The highest BCUT2D eigenvalue weighted by molar-refractivity contribution is 5.45. The van der Waals surface area contributed by atoms with E-state index in [-0.39, 0.29) is 5.82 Å². The molecule has 0 saturated heterocycles. The molecule has 2 aliphatic rings. The standard InChI is InChI=1S/C12H15N3O2/c16-15(17)11-6-5-10(7-13-11)14-12(8-1-2-8)9-3-4-9/h5-9,12,14H,1-4H2. The highest BCUT2D eigenvalue weighted by Gasteiger charge is 2.41. The molecule has 0 bridgehead atoms. The number of anilines is 1. The summed E-state index contributed by atoms with van der Waals surface area (Å²) in [5.74, 6) is 1.51. The Morgan fingerprint density at radius 1 is 1.29 bits per heavy atom. The Labute approximate surface area is 99.4 Å². The summed E-state index contributed by atoms with van der Waals surface area (Å²) < 4.78 is 0. The molecule has 5 heteroatoms. The summed E-state index contributed by atoms with van der Waals surface area (Å²) in [5.41, 5.74) is 0.902. The molecule has 0 atom stereocenters. The quantitative estimate of drug-likeness (QED) is 0.627. The van der Waals surface area contributed by atoms with Crippen LogP contribution in [0.1, 0.15) is 25.7 Å². The van der Waals surface area contributed by atoms with Gasteiger partial charge in [0.1, 0.15) is 0 Å². The predicted octanol–water partition coefficient (Wildman–Crippen LogP) is 2.59. The Hall–Kier alpha value is -1.65. The van der Waals surface area contributed by atoms with Gasteiger partial charge in [0.25, 0.3) is 0 Å². The van der Waals surface area contributed by atoms with Crippen molar-refractivity contribution in [3.05, 3.63) is 28.4 Å². The van der Waals surface area contributed by atoms with Crippen LogP contribution in [0.2, 0.25) is 0 Å². The third kappa shape index (κ3) is 2.38. The molecule has 0 amide bonds. The predicted molar refractivity (Wildman–Crippen MR) is 63.8 cm³/mol. The number of hydrogen-bond donors (Lipinski definition) is 1. The van der Waals surface area contributed by atoms with Crippen molar-refractivity contribution in [1.82, 2.24) is 4.98 Å². The van der Waals surface area contributed by atoms with E-state index in [1.807, 2.05) is 0 Å². The molecule has 3 rings (SSSR count). The molecule has 0 spiro atoms. The molecule has 2 aliphatic carbocycles. The molecule has 1 aromatic rings. The fraction of sp³-hybridized carbons (Fsp3) is 0.583. The molecule has 2 saturated carbocycles. The zero-order valence-electron chi connectivity index (χ0n) is 9.50. The van der Waals surface area contributed by atoms with Crippen LogP contribution in [0.5, 0.6) is 0 Å². The van der Waals surface area contributed by atoms with Gasteiger partial charge in [-0.05, 0) is 53.5 Å². The Morgan fingerprint density at radius 3 is 2.35 bits per heavy atom. The molecule has 1 N–H and O–H groups in total. The van der Waals surface area contributed by atoms with Gasteiger partial charge in [0.05, 0.1) is 5.69 Å². The van der Waals surface area contributed by atoms with E-state index in [1.165, 1.54) is 31.7 Å². The van der Waals surface area contributed by atoms with E-state index in [2.05, 4.69) is 10.3 Å². The Bertz CT molecular complexity index is 412. The van der Waals surface area contributed by atoms with Crippen LogP contribution in [0.4, 0.5) is 11.5 Å². The molecule has 90 valence electrons. The zero-order valence-corrected chi connectivity index (χ0v) is 9.50.